The molecule has 9 heteroatoms. The van der Waals surface area contributed by atoms with Gasteiger partial charge in [-0.25, -0.2) is 0 Å². The lowest BCUT2D eigenvalue weighted by molar-refractivity contribution is -0.115. The number of carbonyl (C=O) groups is 1. The van der Waals surface area contributed by atoms with E-state index in [9.17, 15) is 4.79 Å². The molecule has 0 radical (unpaired) electrons. The molecule has 7 nitrogen and oxygen atoms in total. The van der Waals surface area contributed by atoms with Crippen molar-refractivity contribution < 1.29 is 13.9 Å². The molecule has 1 saturated heterocycles. The minimum atomic E-state index is -0.329. The lowest BCUT2D eigenvalue weighted by Crippen LogP contribution is -2.29. The Balaban J connectivity index is 1.57. The Hall–Kier alpha value is -3.88. The van der Waals surface area contributed by atoms with Crippen molar-refractivity contribution in [1.82, 2.24) is 10.3 Å². The average molecular weight is 533 g/mol. The number of methoxy groups -OCH3 is 1. The number of benzene rings is 2. The molecule has 2 N–H and O–H groups in total. The molecule has 188 valence electrons. The summed E-state index contributed by atoms with van der Waals surface area (Å²) in [6.07, 6.45) is 2.13. The number of pyridine rings is 1. The second-order valence-corrected chi connectivity index (χ2v) is 9.31. The Morgan fingerprint density at radius 2 is 1.97 bits per heavy atom. The Morgan fingerprint density at radius 1 is 1.16 bits per heavy atom. The van der Waals surface area contributed by atoms with Crippen LogP contribution >= 0.6 is 23.8 Å². The molecular formula is C28H25ClN4O3S. The molecule has 0 saturated carbocycles. The molecule has 1 amide bonds. The number of anilines is 2. The van der Waals surface area contributed by atoms with E-state index in [1.807, 2.05) is 77.7 Å². The van der Waals surface area contributed by atoms with Crippen LogP contribution in [0.3, 0.4) is 0 Å². The Labute approximate surface area is 225 Å². The number of hydrogen-bond acceptors (Lipinski definition) is 5. The van der Waals surface area contributed by atoms with Gasteiger partial charge in [0.05, 0.1) is 24.5 Å². The summed E-state index contributed by atoms with van der Waals surface area (Å²) in [5.41, 5.74) is 3.14. The largest absolute Gasteiger partial charge is 0.494 e. The number of nitrogens with one attached hydrogen (secondary N) is 2. The highest BCUT2D eigenvalue weighted by atomic mass is 35.5. The number of carbonyl (C=O) groups excluding carboxylic acids is 1. The van der Waals surface area contributed by atoms with Gasteiger partial charge >= 0.3 is 0 Å². The monoisotopic (exact) mass is 532 g/mol. The molecule has 1 aliphatic heterocycles. The number of halogens is 1. The van der Waals surface area contributed by atoms with Crippen LogP contribution in [0.15, 0.2) is 83.4 Å². The zero-order valence-corrected chi connectivity index (χ0v) is 21.8. The molecule has 4 aromatic rings. The van der Waals surface area contributed by atoms with Crippen molar-refractivity contribution in [2.24, 2.45) is 0 Å². The average Bonchev–Trinajstić information content (AvgIpc) is 3.54. The first-order valence-electron chi connectivity index (χ1n) is 11.8. The third-order valence-corrected chi connectivity index (χ3v) is 6.77. The van der Waals surface area contributed by atoms with Crippen LogP contribution in [0.5, 0.6) is 5.75 Å². The maximum Gasteiger partial charge on any atom is 0.224 e. The van der Waals surface area contributed by atoms with Crippen LogP contribution in [0.1, 0.15) is 36.9 Å². The number of rotatable bonds is 7. The van der Waals surface area contributed by atoms with Gasteiger partial charge in [0.15, 0.2) is 5.11 Å². The van der Waals surface area contributed by atoms with Crippen molar-refractivity contribution in [3.05, 3.63) is 95.5 Å². The van der Waals surface area contributed by atoms with Crippen LogP contribution in [-0.4, -0.2) is 23.1 Å². The first-order chi connectivity index (χ1) is 18.0. The summed E-state index contributed by atoms with van der Waals surface area (Å²) in [5.74, 6) is 1.88. The normalized spacial score (nSPS) is 16.9. The predicted octanol–water partition coefficient (Wildman–Crippen LogP) is 6.53. The van der Waals surface area contributed by atoms with E-state index in [2.05, 4.69) is 15.6 Å². The Morgan fingerprint density at radius 3 is 2.68 bits per heavy atom. The van der Waals surface area contributed by atoms with E-state index in [4.69, 9.17) is 33.0 Å². The fourth-order valence-electron chi connectivity index (χ4n) is 4.37. The number of aromatic nitrogens is 1. The summed E-state index contributed by atoms with van der Waals surface area (Å²) in [4.78, 5) is 18.6. The van der Waals surface area contributed by atoms with Gasteiger partial charge in [-0.2, -0.15) is 0 Å². The van der Waals surface area contributed by atoms with E-state index < -0.39 is 0 Å². The summed E-state index contributed by atoms with van der Waals surface area (Å²) in [6.45, 7) is 1.80. The molecule has 2 aromatic carbocycles. The molecule has 1 fully saturated rings. The second-order valence-electron chi connectivity index (χ2n) is 8.49. The maximum atomic E-state index is 12.0. The molecule has 5 rings (SSSR count). The van der Waals surface area contributed by atoms with Crippen molar-refractivity contribution in [3.63, 3.8) is 0 Å². The molecule has 2 aromatic heterocycles. The van der Waals surface area contributed by atoms with E-state index in [1.54, 1.807) is 20.2 Å². The number of nitrogens with zero attached hydrogens (tertiary/aromatic N) is 2. The summed E-state index contributed by atoms with van der Waals surface area (Å²) >= 11 is 11.9. The lowest BCUT2D eigenvalue weighted by Gasteiger charge is -2.27. The van der Waals surface area contributed by atoms with Crippen molar-refractivity contribution in [3.8, 4) is 17.1 Å². The van der Waals surface area contributed by atoms with Gasteiger partial charge in [-0.1, -0.05) is 24.6 Å². The van der Waals surface area contributed by atoms with Crippen LogP contribution in [0.2, 0.25) is 5.02 Å². The predicted molar refractivity (Wildman–Crippen MR) is 149 cm³/mol. The molecule has 2 atom stereocenters. The minimum Gasteiger partial charge on any atom is -0.494 e. The van der Waals surface area contributed by atoms with E-state index in [0.29, 0.717) is 28.0 Å². The van der Waals surface area contributed by atoms with Crippen LogP contribution in [0.25, 0.3) is 11.3 Å². The third kappa shape index (κ3) is 5.03. The van der Waals surface area contributed by atoms with Gasteiger partial charge < -0.3 is 24.7 Å². The molecular weight excluding hydrogens is 508 g/mol. The van der Waals surface area contributed by atoms with Gasteiger partial charge in [0.25, 0.3) is 0 Å². The first kappa shape index (κ1) is 24.8. The van der Waals surface area contributed by atoms with Gasteiger partial charge in [-0.05, 0) is 72.9 Å². The summed E-state index contributed by atoms with van der Waals surface area (Å²) in [7, 11) is 1.57. The van der Waals surface area contributed by atoms with Gasteiger partial charge in [-0.15, -0.1) is 0 Å². The highest BCUT2D eigenvalue weighted by Crippen LogP contribution is 2.44. The highest BCUT2D eigenvalue weighted by molar-refractivity contribution is 7.80. The smallest absolute Gasteiger partial charge is 0.224 e. The van der Waals surface area contributed by atoms with E-state index in [0.717, 1.165) is 28.5 Å². The molecule has 0 unspecified atom stereocenters. The van der Waals surface area contributed by atoms with Crippen LogP contribution in [0, 0.1) is 0 Å². The Kier molecular flexibility index (Phi) is 7.12. The molecule has 3 heterocycles. The van der Waals surface area contributed by atoms with Crippen LogP contribution in [0.4, 0.5) is 11.4 Å². The maximum absolute atomic E-state index is 12.0. The summed E-state index contributed by atoms with van der Waals surface area (Å²) in [6, 6.07) is 22.2. The second kappa shape index (κ2) is 10.6. The van der Waals surface area contributed by atoms with Gasteiger partial charge in [0.2, 0.25) is 5.91 Å². The van der Waals surface area contributed by atoms with Crippen LogP contribution < -0.4 is 20.3 Å². The van der Waals surface area contributed by atoms with Gasteiger partial charge in [0, 0.05) is 35.0 Å². The first-order valence-corrected chi connectivity index (χ1v) is 12.6. The van der Waals surface area contributed by atoms with E-state index in [1.165, 1.54) is 0 Å². The summed E-state index contributed by atoms with van der Waals surface area (Å²) < 4.78 is 12.0. The van der Waals surface area contributed by atoms with Crippen molar-refractivity contribution in [1.29, 1.82) is 0 Å². The lowest BCUT2D eigenvalue weighted by atomic mass is 10.0. The van der Waals surface area contributed by atoms with Crippen molar-refractivity contribution in [2.75, 3.05) is 17.3 Å². The van der Waals surface area contributed by atoms with Gasteiger partial charge in [-0.3, -0.25) is 9.78 Å². The topological polar surface area (TPSA) is 79.6 Å². The standard InChI is InChI=1S/C28H25ClN4O3S/c1-3-25(34)31-20-12-11-19(16-24(20)35-2)33-27(26(32-28(33)37)21-6-4-5-15-30-21)23-14-13-22(36-23)17-7-9-18(29)10-8-17/h4-16,26-27H,3H2,1-2H3,(H,31,34)(H,32,37)/t26-,27-/m0/s1. The number of thiocarbonyl (C=S) groups is 1. The number of amides is 1. The fraction of sp³-hybridized carbons (Fsp3) is 0.179. The van der Waals surface area contributed by atoms with Gasteiger partial charge in [0.1, 0.15) is 23.3 Å². The summed E-state index contributed by atoms with van der Waals surface area (Å²) in [5, 5.41) is 7.49. The molecule has 1 aliphatic rings. The van der Waals surface area contributed by atoms with Crippen molar-refractivity contribution in [2.45, 2.75) is 25.4 Å². The molecule has 0 bridgehead atoms. The third-order valence-electron chi connectivity index (χ3n) is 6.20. The van der Waals surface area contributed by atoms with E-state index in [-0.39, 0.29) is 18.0 Å². The zero-order chi connectivity index (χ0) is 25.9. The SMILES string of the molecule is CCC(=O)Nc1ccc(N2C(=S)N[C@@H](c3ccccn3)[C@@H]2c2ccc(-c3ccc(Cl)cc3)o2)cc1OC. The highest BCUT2D eigenvalue weighted by Gasteiger charge is 2.42. The number of ether oxygens (including phenoxy) is 1. The minimum absolute atomic E-state index is 0.0946. The molecule has 37 heavy (non-hydrogen) atoms. The molecule has 0 aliphatic carbocycles. The van der Waals surface area contributed by atoms with E-state index >= 15 is 0 Å². The van der Waals surface area contributed by atoms with Crippen LogP contribution in [-0.2, 0) is 4.79 Å². The fourth-order valence-corrected chi connectivity index (χ4v) is 4.85. The quantitative estimate of drug-likeness (QED) is 0.262. The number of furan rings is 1. The number of hydrogen-bond donors (Lipinski definition) is 2. The Bertz CT molecular complexity index is 1430. The zero-order valence-electron chi connectivity index (χ0n) is 20.3. The molecule has 0 spiro atoms. The van der Waals surface area contributed by atoms with Crippen molar-refractivity contribution >= 4 is 46.2 Å².